The molecule has 1 aliphatic heterocycles. The molecule has 0 spiro atoms. The Kier molecular flexibility index (Phi) is 4.21. The molecule has 2 aromatic rings. The minimum Gasteiger partial charge on any atom is -0.350 e. The fraction of sp³-hybridized carbons (Fsp3) is 0.0625. The molecule has 8 heteroatoms. The van der Waals surface area contributed by atoms with E-state index in [9.17, 15) is 13.2 Å². The van der Waals surface area contributed by atoms with Crippen LogP contribution in [0.15, 0.2) is 59.1 Å². The number of carbonyl (C=O) groups excluding carboxylic acids is 1. The second kappa shape index (κ2) is 6.18. The van der Waals surface area contributed by atoms with Gasteiger partial charge in [-0.25, -0.2) is 8.42 Å². The van der Waals surface area contributed by atoms with Crippen molar-refractivity contribution in [3.05, 3.63) is 59.3 Å². The summed E-state index contributed by atoms with van der Waals surface area (Å²) in [4.78, 5) is 11.8. The first kappa shape index (κ1) is 16.4. The van der Waals surface area contributed by atoms with Gasteiger partial charge in [0.05, 0.1) is 27.0 Å². The van der Waals surface area contributed by atoms with Gasteiger partial charge in [0.25, 0.3) is 15.9 Å². The molecule has 1 aliphatic rings. The van der Waals surface area contributed by atoms with E-state index < -0.39 is 10.0 Å². The lowest BCUT2D eigenvalue weighted by Crippen LogP contribution is -2.25. The van der Waals surface area contributed by atoms with Crippen LogP contribution in [0, 0.1) is 0 Å². The predicted molar refractivity (Wildman–Crippen MR) is 94.7 cm³/mol. The molecule has 1 heterocycles. The molecule has 0 aromatic heterocycles. The Morgan fingerprint density at radius 2 is 1.83 bits per heavy atom. The number of allylic oxidation sites excluding steroid dienone is 1. The van der Waals surface area contributed by atoms with Crippen molar-refractivity contribution in [2.75, 3.05) is 15.4 Å². The summed E-state index contributed by atoms with van der Waals surface area (Å²) in [7, 11) is -3.81. The predicted octanol–water partition coefficient (Wildman–Crippen LogP) is 3.41. The largest absolute Gasteiger partial charge is 0.350 e. The standard InChI is InChI=1S/C16H14ClN3O3S/c1-2-12-16(21)19-14-8-7-10(9-15(14)18-12)24(22,23)20-13-6-4-3-5-11(13)17/h2-9,18,20H,1H3,(H,19,21)/b12-2+. The molecule has 0 atom stereocenters. The van der Waals surface area contributed by atoms with E-state index in [1.807, 2.05) is 0 Å². The van der Waals surface area contributed by atoms with Crippen LogP contribution in [0.5, 0.6) is 0 Å². The Balaban J connectivity index is 1.96. The zero-order chi connectivity index (χ0) is 17.3. The number of benzene rings is 2. The number of carbonyl (C=O) groups is 1. The Morgan fingerprint density at radius 3 is 2.54 bits per heavy atom. The van der Waals surface area contributed by atoms with Crippen molar-refractivity contribution < 1.29 is 13.2 Å². The summed E-state index contributed by atoms with van der Waals surface area (Å²) < 4.78 is 27.6. The second-order valence-corrected chi connectivity index (χ2v) is 7.16. The second-order valence-electron chi connectivity index (χ2n) is 5.07. The highest BCUT2D eigenvalue weighted by Gasteiger charge is 2.22. The average Bonchev–Trinajstić information content (AvgIpc) is 2.55. The lowest BCUT2D eigenvalue weighted by molar-refractivity contribution is -0.112. The lowest BCUT2D eigenvalue weighted by Gasteiger charge is -2.21. The average molecular weight is 364 g/mol. The molecule has 0 aliphatic carbocycles. The van der Waals surface area contributed by atoms with Crippen LogP contribution in [0.3, 0.4) is 0 Å². The van der Waals surface area contributed by atoms with Gasteiger partial charge in [-0.15, -0.1) is 0 Å². The topological polar surface area (TPSA) is 87.3 Å². The minimum atomic E-state index is -3.81. The van der Waals surface area contributed by atoms with E-state index in [4.69, 9.17) is 11.6 Å². The maximum absolute atomic E-state index is 12.6. The SMILES string of the molecule is C/C=C1/Nc2cc(S(=O)(=O)Nc3ccccc3Cl)ccc2NC1=O. The molecule has 0 saturated carbocycles. The molecule has 2 aromatic carbocycles. The highest BCUT2D eigenvalue weighted by molar-refractivity contribution is 7.92. The molecule has 1 amide bonds. The summed E-state index contributed by atoms with van der Waals surface area (Å²) in [5, 5.41) is 5.91. The number of fused-ring (bicyclic) bond motifs is 1. The van der Waals surface area contributed by atoms with E-state index in [0.29, 0.717) is 27.8 Å². The normalized spacial score (nSPS) is 15.4. The van der Waals surface area contributed by atoms with Crippen LogP contribution in [0.25, 0.3) is 0 Å². The summed E-state index contributed by atoms with van der Waals surface area (Å²) >= 11 is 5.99. The Labute approximate surface area is 144 Å². The third kappa shape index (κ3) is 3.08. The van der Waals surface area contributed by atoms with Crippen molar-refractivity contribution in [2.24, 2.45) is 0 Å². The van der Waals surface area contributed by atoms with E-state index in [1.165, 1.54) is 18.2 Å². The fourth-order valence-electron chi connectivity index (χ4n) is 2.25. The number of para-hydroxylation sites is 1. The Hall–Kier alpha value is -2.51. The summed E-state index contributed by atoms with van der Waals surface area (Å²) in [5.41, 5.74) is 1.68. The van der Waals surface area contributed by atoms with E-state index >= 15 is 0 Å². The van der Waals surface area contributed by atoms with Crippen molar-refractivity contribution in [2.45, 2.75) is 11.8 Å². The van der Waals surface area contributed by atoms with Gasteiger partial charge >= 0.3 is 0 Å². The van der Waals surface area contributed by atoms with Crippen molar-refractivity contribution in [1.29, 1.82) is 0 Å². The zero-order valence-electron chi connectivity index (χ0n) is 12.6. The molecule has 0 radical (unpaired) electrons. The van der Waals surface area contributed by atoms with Crippen LogP contribution in [-0.4, -0.2) is 14.3 Å². The molecule has 0 bridgehead atoms. The molecule has 6 nitrogen and oxygen atoms in total. The maximum Gasteiger partial charge on any atom is 0.271 e. The van der Waals surface area contributed by atoms with E-state index in [-0.39, 0.29) is 10.8 Å². The summed E-state index contributed by atoms with van der Waals surface area (Å²) in [6, 6.07) is 11.0. The van der Waals surface area contributed by atoms with Gasteiger partial charge in [0.2, 0.25) is 0 Å². The van der Waals surface area contributed by atoms with Crippen LogP contribution in [0.2, 0.25) is 5.02 Å². The number of hydrogen-bond donors (Lipinski definition) is 3. The van der Waals surface area contributed by atoms with Crippen molar-refractivity contribution >= 4 is 44.6 Å². The molecule has 0 unspecified atom stereocenters. The van der Waals surface area contributed by atoms with Gasteiger partial charge in [-0.05, 0) is 37.3 Å². The van der Waals surface area contributed by atoms with Crippen LogP contribution >= 0.6 is 11.6 Å². The molecule has 3 rings (SSSR count). The van der Waals surface area contributed by atoms with Crippen LogP contribution in [0.4, 0.5) is 17.1 Å². The van der Waals surface area contributed by atoms with Crippen molar-refractivity contribution in [3.8, 4) is 0 Å². The van der Waals surface area contributed by atoms with Gasteiger partial charge in [0.1, 0.15) is 5.70 Å². The number of sulfonamides is 1. The first-order chi connectivity index (χ1) is 11.4. The zero-order valence-corrected chi connectivity index (χ0v) is 14.2. The van der Waals surface area contributed by atoms with Crippen LogP contribution < -0.4 is 15.4 Å². The van der Waals surface area contributed by atoms with Gasteiger partial charge in [-0.2, -0.15) is 0 Å². The number of hydrogen-bond acceptors (Lipinski definition) is 4. The first-order valence-electron chi connectivity index (χ1n) is 7.07. The summed E-state index contributed by atoms with van der Waals surface area (Å²) in [6.45, 7) is 1.71. The van der Waals surface area contributed by atoms with Gasteiger partial charge in [-0.3, -0.25) is 9.52 Å². The third-order valence-corrected chi connectivity index (χ3v) is 5.16. The maximum atomic E-state index is 12.6. The van der Waals surface area contributed by atoms with Gasteiger partial charge in [0.15, 0.2) is 0 Å². The lowest BCUT2D eigenvalue weighted by atomic mass is 10.2. The van der Waals surface area contributed by atoms with E-state index in [0.717, 1.165) is 0 Å². The number of nitrogens with one attached hydrogen (secondary N) is 3. The molecule has 3 N–H and O–H groups in total. The molecule has 24 heavy (non-hydrogen) atoms. The van der Waals surface area contributed by atoms with E-state index in [2.05, 4.69) is 15.4 Å². The highest BCUT2D eigenvalue weighted by Crippen LogP contribution is 2.31. The first-order valence-corrected chi connectivity index (χ1v) is 8.93. The molecular weight excluding hydrogens is 350 g/mol. The van der Waals surface area contributed by atoms with E-state index in [1.54, 1.807) is 37.3 Å². The number of anilines is 3. The quantitative estimate of drug-likeness (QED) is 0.729. The number of amides is 1. The summed E-state index contributed by atoms with van der Waals surface area (Å²) in [5.74, 6) is -0.269. The van der Waals surface area contributed by atoms with Crippen LogP contribution in [-0.2, 0) is 14.8 Å². The monoisotopic (exact) mass is 363 g/mol. The number of rotatable bonds is 3. The molecule has 0 saturated heterocycles. The van der Waals surface area contributed by atoms with Crippen molar-refractivity contribution in [1.82, 2.24) is 0 Å². The minimum absolute atomic E-state index is 0.0558. The van der Waals surface area contributed by atoms with Crippen LogP contribution in [0.1, 0.15) is 6.92 Å². The van der Waals surface area contributed by atoms with Gasteiger partial charge in [0, 0.05) is 0 Å². The number of halogens is 1. The third-order valence-electron chi connectivity index (χ3n) is 3.47. The molecule has 124 valence electrons. The molecule has 0 fully saturated rings. The van der Waals surface area contributed by atoms with Gasteiger partial charge in [-0.1, -0.05) is 29.8 Å². The smallest absolute Gasteiger partial charge is 0.271 e. The highest BCUT2D eigenvalue weighted by atomic mass is 35.5. The molecular formula is C16H14ClN3O3S. The Morgan fingerprint density at radius 1 is 1.08 bits per heavy atom. The summed E-state index contributed by atoms with van der Waals surface area (Å²) in [6.07, 6.45) is 1.61. The fourth-order valence-corrected chi connectivity index (χ4v) is 3.59. The van der Waals surface area contributed by atoms with Crippen molar-refractivity contribution in [3.63, 3.8) is 0 Å². The Bertz CT molecular complexity index is 955. The van der Waals surface area contributed by atoms with Gasteiger partial charge < -0.3 is 10.6 Å².